The SMILES string of the molecule is CCCNc1cc(N2CCC(CC(N)=O)CC2)nc(C)n1. The second-order valence-electron chi connectivity index (χ2n) is 5.69. The highest BCUT2D eigenvalue weighted by Gasteiger charge is 2.22. The lowest BCUT2D eigenvalue weighted by Crippen LogP contribution is -2.35. The minimum absolute atomic E-state index is 0.197. The topological polar surface area (TPSA) is 84.1 Å². The maximum absolute atomic E-state index is 11.0. The number of aromatic nitrogens is 2. The van der Waals surface area contributed by atoms with Crippen LogP contribution in [0.15, 0.2) is 6.07 Å². The quantitative estimate of drug-likeness (QED) is 0.833. The van der Waals surface area contributed by atoms with Crippen molar-refractivity contribution in [3.8, 4) is 0 Å². The van der Waals surface area contributed by atoms with Gasteiger partial charge in [-0.2, -0.15) is 0 Å². The van der Waals surface area contributed by atoms with E-state index in [1.165, 1.54) is 0 Å². The summed E-state index contributed by atoms with van der Waals surface area (Å²) in [4.78, 5) is 22.2. The summed E-state index contributed by atoms with van der Waals surface area (Å²) in [5.41, 5.74) is 5.27. The van der Waals surface area contributed by atoms with Gasteiger partial charge in [0, 0.05) is 32.1 Å². The molecule has 0 spiro atoms. The van der Waals surface area contributed by atoms with E-state index in [1.54, 1.807) is 0 Å². The van der Waals surface area contributed by atoms with Crippen LogP contribution < -0.4 is 16.0 Å². The second kappa shape index (κ2) is 7.24. The first-order chi connectivity index (χ1) is 10.1. The van der Waals surface area contributed by atoms with Gasteiger partial charge in [-0.3, -0.25) is 4.79 Å². The van der Waals surface area contributed by atoms with Gasteiger partial charge in [-0.15, -0.1) is 0 Å². The predicted octanol–water partition coefficient (Wildman–Crippen LogP) is 1.70. The van der Waals surface area contributed by atoms with Crippen LogP contribution in [0.4, 0.5) is 11.6 Å². The summed E-state index contributed by atoms with van der Waals surface area (Å²) in [6, 6.07) is 2.01. The van der Waals surface area contributed by atoms with Gasteiger partial charge < -0.3 is 16.0 Å². The number of rotatable bonds is 6. The number of nitrogens with two attached hydrogens (primary N) is 1. The van der Waals surface area contributed by atoms with Crippen molar-refractivity contribution in [2.24, 2.45) is 11.7 Å². The molecule has 1 aromatic rings. The van der Waals surface area contributed by atoms with Crippen LogP contribution in [0.3, 0.4) is 0 Å². The molecule has 0 aromatic carbocycles. The minimum Gasteiger partial charge on any atom is -0.370 e. The summed E-state index contributed by atoms with van der Waals surface area (Å²) >= 11 is 0. The third kappa shape index (κ3) is 4.58. The molecule has 6 heteroatoms. The zero-order valence-electron chi connectivity index (χ0n) is 12.9. The van der Waals surface area contributed by atoms with Gasteiger partial charge in [0.05, 0.1) is 0 Å². The van der Waals surface area contributed by atoms with Gasteiger partial charge >= 0.3 is 0 Å². The molecule has 0 bridgehead atoms. The monoisotopic (exact) mass is 291 g/mol. The molecule has 0 saturated carbocycles. The average Bonchev–Trinajstić information content (AvgIpc) is 2.44. The van der Waals surface area contributed by atoms with Gasteiger partial charge in [-0.05, 0) is 32.1 Å². The fraction of sp³-hybridized carbons (Fsp3) is 0.667. The first kappa shape index (κ1) is 15.5. The molecule has 1 amide bonds. The van der Waals surface area contributed by atoms with Crippen molar-refractivity contribution in [1.82, 2.24) is 9.97 Å². The number of aryl methyl sites for hydroxylation is 1. The van der Waals surface area contributed by atoms with Crippen molar-refractivity contribution in [2.75, 3.05) is 29.9 Å². The standard InChI is InChI=1S/C15H25N5O/c1-3-6-17-14-10-15(19-11(2)18-14)20-7-4-12(5-8-20)9-13(16)21/h10,12H,3-9H2,1-2H3,(H2,16,21)(H,17,18,19). The number of nitrogens with one attached hydrogen (secondary N) is 1. The van der Waals surface area contributed by atoms with E-state index in [9.17, 15) is 4.79 Å². The highest BCUT2D eigenvalue weighted by atomic mass is 16.1. The zero-order valence-corrected chi connectivity index (χ0v) is 12.9. The van der Waals surface area contributed by atoms with Crippen molar-refractivity contribution in [2.45, 2.75) is 39.5 Å². The minimum atomic E-state index is -0.197. The van der Waals surface area contributed by atoms with Gasteiger partial charge in [-0.25, -0.2) is 9.97 Å². The molecule has 1 aliphatic rings. The molecular formula is C15H25N5O. The van der Waals surface area contributed by atoms with Crippen molar-refractivity contribution < 1.29 is 4.79 Å². The van der Waals surface area contributed by atoms with E-state index in [1.807, 2.05) is 13.0 Å². The molecule has 0 radical (unpaired) electrons. The molecule has 2 rings (SSSR count). The number of piperidine rings is 1. The highest BCUT2D eigenvalue weighted by Crippen LogP contribution is 2.25. The Balaban J connectivity index is 1.99. The average molecular weight is 291 g/mol. The fourth-order valence-corrected chi connectivity index (χ4v) is 2.71. The summed E-state index contributed by atoms with van der Waals surface area (Å²) in [5.74, 6) is 2.86. The molecule has 3 N–H and O–H groups in total. The lowest BCUT2D eigenvalue weighted by atomic mass is 9.93. The molecular weight excluding hydrogens is 266 g/mol. The predicted molar refractivity (Wildman–Crippen MR) is 84.3 cm³/mol. The third-order valence-corrected chi connectivity index (χ3v) is 3.81. The normalized spacial score (nSPS) is 16.0. The number of nitrogens with zero attached hydrogens (tertiary/aromatic N) is 3. The Hall–Kier alpha value is -1.85. The van der Waals surface area contributed by atoms with Crippen LogP contribution in [0.1, 0.15) is 38.4 Å². The van der Waals surface area contributed by atoms with Crippen LogP contribution in [0.25, 0.3) is 0 Å². The molecule has 116 valence electrons. The van der Waals surface area contributed by atoms with Crippen LogP contribution in [0.5, 0.6) is 0 Å². The van der Waals surface area contributed by atoms with E-state index < -0.39 is 0 Å². The van der Waals surface area contributed by atoms with Gasteiger partial charge in [0.2, 0.25) is 5.91 Å². The van der Waals surface area contributed by atoms with E-state index in [-0.39, 0.29) is 5.91 Å². The Morgan fingerprint density at radius 2 is 2.14 bits per heavy atom. The number of carbonyl (C=O) groups is 1. The molecule has 0 atom stereocenters. The lowest BCUT2D eigenvalue weighted by Gasteiger charge is -2.32. The Morgan fingerprint density at radius 3 is 2.76 bits per heavy atom. The molecule has 1 saturated heterocycles. The first-order valence-corrected chi connectivity index (χ1v) is 7.71. The maximum atomic E-state index is 11.0. The van der Waals surface area contributed by atoms with Crippen molar-refractivity contribution >= 4 is 17.5 Å². The first-order valence-electron chi connectivity index (χ1n) is 7.71. The summed E-state index contributed by atoms with van der Waals surface area (Å²) in [7, 11) is 0. The Labute approximate surface area is 126 Å². The van der Waals surface area contributed by atoms with E-state index in [4.69, 9.17) is 5.73 Å². The second-order valence-corrected chi connectivity index (χ2v) is 5.69. The number of primary amides is 1. The van der Waals surface area contributed by atoms with Gasteiger partial charge in [0.15, 0.2) is 0 Å². The highest BCUT2D eigenvalue weighted by molar-refractivity contribution is 5.74. The van der Waals surface area contributed by atoms with Crippen LogP contribution in [0, 0.1) is 12.8 Å². The van der Waals surface area contributed by atoms with E-state index >= 15 is 0 Å². The zero-order chi connectivity index (χ0) is 15.2. The Bertz CT molecular complexity index is 483. The van der Waals surface area contributed by atoms with Crippen molar-refractivity contribution in [1.29, 1.82) is 0 Å². The van der Waals surface area contributed by atoms with E-state index in [0.29, 0.717) is 12.3 Å². The third-order valence-electron chi connectivity index (χ3n) is 3.81. The summed E-state index contributed by atoms with van der Waals surface area (Å²) in [6.07, 6.45) is 3.55. The van der Waals surface area contributed by atoms with Crippen LogP contribution in [-0.2, 0) is 4.79 Å². The molecule has 0 aliphatic carbocycles. The number of anilines is 2. The number of hydrogen-bond donors (Lipinski definition) is 2. The number of hydrogen-bond acceptors (Lipinski definition) is 5. The molecule has 2 heterocycles. The van der Waals surface area contributed by atoms with Gasteiger partial charge in [0.1, 0.15) is 17.5 Å². The molecule has 1 fully saturated rings. The smallest absolute Gasteiger partial charge is 0.217 e. The van der Waals surface area contributed by atoms with Crippen LogP contribution in [0.2, 0.25) is 0 Å². The Morgan fingerprint density at radius 1 is 1.43 bits per heavy atom. The van der Waals surface area contributed by atoms with Crippen LogP contribution >= 0.6 is 0 Å². The molecule has 6 nitrogen and oxygen atoms in total. The summed E-state index contributed by atoms with van der Waals surface area (Å²) in [6.45, 7) is 6.80. The van der Waals surface area contributed by atoms with E-state index in [2.05, 4.69) is 27.1 Å². The summed E-state index contributed by atoms with van der Waals surface area (Å²) < 4.78 is 0. The lowest BCUT2D eigenvalue weighted by molar-refractivity contribution is -0.119. The fourth-order valence-electron chi connectivity index (χ4n) is 2.71. The molecule has 0 unspecified atom stereocenters. The van der Waals surface area contributed by atoms with Gasteiger partial charge in [-0.1, -0.05) is 6.92 Å². The number of carbonyl (C=O) groups excluding carboxylic acids is 1. The summed E-state index contributed by atoms with van der Waals surface area (Å²) in [5, 5.41) is 3.31. The van der Waals surface area contributed by atoms with Gasteiger partial charge in [0.25, 0.3) is 0 Å². The molecule has 21 heavy (non-hydrogen) atoms. The molecule has 1 aliphatic heterocycles. The van der Waals surface area contributed by atoms with Crippen molar-refractivity contribution in [3.63, 3.8) is 0 Å². The van der Waals surface area contributed by atoms with Crippen LogP contribution in [-0.4, -0.2) is 35.5 Å². The Kier molecular flexibility index (Phi) is 5.36. The van der Waals surface area contributed by atoms with E-state index in [0.717, 1.165) is 56.4 Å². The largest absolute Gasteiger partial charge is 0.370 e. The van der Waals surface area contributed by atoms with Crippen molar-refractivity contribution in [3.05, 3.63) is 11.9 Å². The number of amides is 1. The maximum Gasteiger partial charge on any atom is 0.217 e. The molecule has 1 aromatic heterocycles.